The predicted octanol–water partition coefficient (Wildman–Crippen LogP) is 2.41. The van der Waals surface area contributed by atoms with Gasteiger partial charge in [-0.25, -0.2) is 0 Å². The third kappa shape index (κ3) is 2.18. The second-order valence-corrected chi connectivity index (χ2v) is 7.71. The van der Waals surface area contributed by atoms with Crippen LogP contribution in [-0.2, 0) is 4.79 Å². The fourth-order valence-electron chi connectivity index (χ4n) is 5.23. The third-order valence-corrected chi connectivity index (χ3v) is 6.74. The second-order valence-electron chi connectivity index (χ2n) is 7.71. The Labute approximate surface area is 122 Å². The Kier molecular flexibility index (Phi) is 3.29. The molecule has 0 bridgehead atoms. The first-order chi connectivity index (χ1) is 9.79. The molecule has 2 aliphatic heterocycles. The van der Waals surface area contributed by atoms with Crippen molar-refractivity contribution in [2.75, 3.05) is 26.2 Å². The molecular weight excluding hydrogens is 248 g/mol. The number of amides is 1. The van der Waals surface area contributed by atoms with E-state index in [1.54, 1.807) is 0 Å². The molecule has 20 heavy (non-hydrogen) atoms. The van der Waals surface area contributed by atoms with Gasteiger partial charge in [-0.3, -0.25) is 4.79 Å². The molecular formula is C17H28N2O. The Morgan fingerprint density at radius 2 is 1.55 bits per heavy atom. The second kappa shape index (κ2) is 5.01. The van der Waals surface area contributed by atoms with E-state index in [1.807, 2.05) is 0 Å². The Morgan fingerprint density at radius 1 is 0.950 bits per heavy atom. The van der Waals surface area contributed by atoms with Gasteiger partial charge in [-0.15, -0.1) is 0 Å². The first kappa shape index (κ1) is 13.1. The molecule has 2 unspecified atom stereocenters. The number of fused-ring (bicyclic) bond motifs is 1. The van der Waals surface area contributed by atoms with Crippen LogP contribution in [0, 0.1) is 23.2 Å². The number of carbonyl (C=O) groups is 1. The highest BCUT2D eigenvalue weighted by atomic mass is 16.2. The van der Waals surface area contributed by atoms with Crippen molar-refractivity contribution in [2.45, 2.75) is 51.4 Å². The van der Waals surface area contributed by atoms with E-state index in [0.717, 1.165) is 24.9 Å². The maximum atomic E-state index is 12.7. The monoisotopic (exact) mass is 276 g/mol. The van der Waals surface area contributed by atoms with Gasteiger partial charge in [-0.05, 0) is 68.9 Å². The summed E-state index contributed by atoms with van der Waals surface area (Å²) in [4.78, 5) is 14.9. The van der Waals surface area contributed by atoms with E-state index >= 15 is 0 Å². The number of nitrogens with one attached hydrogen (secondary N) is 1. The molecule has 2 heterocycles. The van der Waals surface area contributed by atoms with Crippen LogP contribution in [0.2, 0.25) is 0 Å². The van der Waals surface area contributed by atoms with Gasteiger partial charge in [0.05, 0.1) is 0 Å². The first-order valence-electron chi connectivity index (χ1n) is 8.79. The summed E-state index contributed by atoms with van der Waals surface area (Å²) in [7, 11) is 0. The zero-order valence-electron chi connectivity index (χ0n) is 12.6. The average Bonchev–Trinajstić information content (AvgIpc) is 3.22. The van der Waals surface area contributed by atoms with Gasteiger partial charge in [0.2, 0.25) is 5.91 Å². The van der Waals surface area contributed by atoms with E-state index in [0.29, 0.717) is 17.2 Å². The summed E-state index contributed by atoms with van der Waals surface area (Å²) >= 11 is 0. The fraction of sp³-hybridized carbons (Fsp3) is 0.941. The molecule has 0 aromatic heterocycles. The van der Waals surface area contributed by atoms with Gasteiger partial charge in [0.1, 0.15) is 0 Å². The van der Waals surface area contributed by atoms with Crippen molar-refractivity contribution in [3.63, 3.8) is 0 Å². The molecule has 4 rings (SSSR count). The SMILES string of the molecule is O=C(C1C2CCCCC21)N1CCC2(CCNCC2)CC1. The zero-order chi connectivity index (χ0) is 13.6. The third-order valence-electron chi connectivity index (χ3n) is 6.74. The average molecular weight is 276 g/mol. The van der Waals surface area contributed by atoms with E-state index < -0.39 is 0 Å². The lowest BCUT2D eigenvalue weighted by Crippen LogP contribution is -2.47. The molecule has 0 radical (unpaired) electrons. The largest absolute Gasteiger partial charge is 0.342 e. The van der Waals surface area contributed by atoms with Crippen molar-refractivity contribution in [3.05, 3.63) is 0 Å². The van der Waals surface area contributed by atoms with Crippen molar-refractivity contribution in [2.24, 2.45) is 23.2 Å². The normalized spacial score (nSPS) is 39.4. The Hall–Kier alpha value is -0.570. The number of rotatable bonds is 1. The molecule has 112 valence electrons. The molecule has 1 N–H and O–H groups in total. The number of piperidine rings is 2. The lowest BCUT2D eigenvalue weighted by atomic mass is 9.71. The number of carbonyl (C=O) groups excluding carboxylic acids is 1. The van der Waals surface area contributed by atoms with Crippen molar-refractivity contribution in [1.82, 2.24) is 10.2 Å². The van der Waals surface area contributed by atoms with Crippen LogP contribution in [0.25, 0.3) is 0 Å². The molecule has 2 aliphatic carbocycles. The smallest absolute Gasteiger partial charge is 0.226 e. The Bertz CT molecular complexity index is 366. The summed E-state index contributed by atoms with van der Waals surface area (Å²) in [5, 5.41) is 3.47. The van der Waals surface area contributed by atoms with Crippen LogP contribution in [0.4, 0.5) is 0 Å². The summed E-state index contributed by atoms with van der Waals surface area (Å²) in [6, 6.07) is 0. The van der Waals surface area contributed by atoms with Crippen LogP contribution in [0.15, 0.2) is 0 Å². The van der Waals surface area contributed by atoms with Crippen molar-refractivity contribution < 1.29 is 4.79 Å². The first-order valence-corrected chi connectivity index (χ1v) is 8.79. The topological polar surface area (TPSA) is 32.3 Å². The van der Waals surface area contributed by atoms with Crippen LogP contribution >= 0.6 is 0 Å². The van der Waals surface area contributed by atoms with Gasteiger partial charge in [0.25, 0.3) is 0 Å². The summed E-state index contributed by atoms with van der Waals surface area (Å²) in [5.41, 5.74) is 0.568. The van der Waals surface area contributed by atoms with E-state index in [-0.39, 0.29) is 0 Å². The Morgan fingerprint density at radius 3 is 2.15 bits per heavy atom. The molecule has 3 heteroatoms. The van der Waals surface area contributed by atoms with Crippen molar-refractivity contribution >= 4 is 5.91 Å². The summed E-state index contributed by atoms with van der Waals surface area (Å²) in [5.74, 6) is 2.49. The highest BCUT2D eigenvalue weighted by Gasteiger charge is 2.56. The van der Waals surface area contributed by atoms with E-state index in [2.05, 4.69) is 10.2 Å². The fourth-order valence-corrected chi connectivity index (χ4v) is 5.23. The molecule has 0 aromatic carbocycles. The summed E-state index contributed by atoms with van der Waals surface area (Å²) in [6.07, 6.45) is 10.5. The number of hydrogen-bond donors (Lipinski definition) is 1. The summed E-state index contributed by atoms with van der Waals surface area (Å²) < 4.78 is 0. The standard InChI is InChI=1S/C17H28N2O/c20-16(15-13-3-1-2-4-14(13)15)19-11-7-17(8-12-19)5-9-18-10-6-17/h13-15,18H,1-12H2. The van der Waals surface area contributed by atoms with E-state index in [4.69, 9.17) is 0 Å². The highest BCUT2D eigenvalue weighted by Crippen LogP contribution is 2.56. The van der Waals surface area contributed by atoms with Gasteiger partial charge >= 0.3 is 0 Å². The van der Waals surface area contributed by atoms with Crippen molar-refractivity contribution in [1.29, 1.82) is 0 Å². The minimum atomic E-state index is 0.430. The van der Waals surface area contributed by atoms with Crippen LogP contribution in [0.3, 0.4) is 0 Å². The number of likely N-dealkylation sites (tertiary alicyclic amines) is 1. The van der Waals surface area contributed by atoms with Gasteiger partial charge in [0.15, 0.2) is 0 Å². The van der Waals surface area contributed by atoms with Gasteiger partial charge in [0, 0.05) is 19.0 Å². The van der Waals surface area contributed by atoms with E-state index in [1.165, 1.54) is 64.5 Å². The molecule has 1 amide bonds. The van der Waals surface area contributed by atoms with Gasteiger partial charge in [-0.1, -0.05) is 12.8 Å². The predicted molar refractivity (Wildman–Crippen MR) is 79.3 cm³/mol. The van der Waals surface area contributed by atoms with Crippen LogP contribution in [0.5, 0.6) is 0 Å². The number of nitrogens with zero attached hydrogens (tertiary/aromatic N) is 1. The molecule has 1 spiro atoms. The number of hydrogen-bond acceptors (Lipinski definition) is 2. The molecule has 2 atom stereocenters. The van der Waals surface area contributed by atoms with Crippen LogP contribution in [-0.4, -0.2) is 37.0 Å². The minimum Gasteiger partial charge on any atom is -0.342 e. The molecule has 4 fully saturated rings. The maximum absolute atomic E-state index is 12.7. The Balaban J connectivity index is 1.34. The quantitative estimate of drug-likeness (QED) is 0.797. The minimum absolute atomic E-state index is 0.430. The molecule has 2 saturated heterocycles. The van der Waals surface area contributed by atoms with Crippen LogP contribution in [0.1, 0.15) is 51.4 Å². The lowest BCUT2D eigenvalue weighted by Gasteiger charge is -2.44. The maximum Gasteiger partial charge on any atom is 0.226 e. The highest BCUT2D eigenvalue weighted by molar-refractivity contribution is 5.82. The van der Waals surface area contributed by atoms with Gasteiger partial charge < -0.3 is 10.2 Å². The van der Waals surface area contributed by atoms with Crippen LogP contribution < -0.4 is 5.32 Å². The van der Waals surface area contributed by atoms with Gasteiger partial charge in [-0.2, -0.15) is 0 Å². The summed E-state index contributed by atoms with van der Waals surface area (Å²) in [6.45, 7) is 4.44. The van der Waals surface area contributed by atoms with Crippen molar-refractivity contribution in [3.8, 4) is 0 Å². The molecule has 0 aromatic rings. The van der Waals surface area contributed by atoms with E-state index in [9.17, 15) is 4.79 Å². The molecule has 3 nitrogen and oxygen atoms in total. The zero-order valence-corrected chi connectivity index (χ0v) is 12.6. The molecule has 2 saturated carbocycles. The molecule has 4 aliphatic rings. The lowest BCUT2D eigenvalue weighted by molar-refractivity contribution is -0.135.